The van der Waals surface area contributed by atoms with E-state index in [9.17, 15) is 4.79 Å². The molecule has 1 saturated heterocycles. The van der Waals surface area contributed by atoms with E-state index in [1.54, 1.807) is 42.3 Å². The first-order valence-corrected chi connectivity index (χ1v) is 7.93. The quantitative estimate of drug-likeness (QED) is 0.843. The molecule has 7 nitrogen and oxygen atoms in total. The van der Waals surface area contributed by atoms with Gasteiger partial charge in [-0.15, -0.1) is 0 Å². The number of ether oxygens (including phenoxy) is 1. The van der Waals surface area contributed by atoms with Gasteiger partial charge >= 0.3 is 0 Å². The van der Waals surface area contributed by atoms with E-state index in [0.29, 0.717) is 29.8 Å². The molecule has 0 spiro atoms. The van der Waals surface area contributed by atoms with Crippen molar-refractivity contribution in [2.75, 3.05) is 24.6 Å². The summed E-state index contributed by atoms with van der Waals surface area (Å²) < 4.78 is 7.26. The molecule has 24 heavy (non-hydrogen) atoms. The third-order valence-corrected chi connectivity index (χ3v) is 4.26. The maximum absolute atomic E-state index is 12.1. The summed E-state index contributed by atoms with van der Waals surface area (Å²) in [6.07, 6.45) is 6.75. The molecule has 0 atom stereocenters. The van der Waals surface area contributed by atoms with Gasteiger partial charge in [0.25, 0.3) is 5.56 Å². The van der Waals surface area contributed by atoms with E-state index in [2.05, 4.69) is 16.0 Å². The van der Waals surface area contributed by atoms with Gasteiger partial charge in [-0.3, -0.25) is 4.79 Å². The van der Waals surface area contributed by atoms with Crippen LogP contribution in [-0.2, 0) is 7.05 Å². The van der Waals surface area contributed by atoms with E-state index < -0.39 is 0 Å². The highest BCUT2D eigenvalue weighted by atomic mass is 16.5. The molecule has 1 aliphatic rings. The van der Waals surface area contributed by atoms with Crippen LogP contribution in [0.15, 0.2) is 35.5 Å². The third-order valence-electron chi connectivity index (χ3n) is 4.26. The SMILES string of the molecule is Cn1ccnc(N2CCC(COc3ncccc3C#N)CC2)c1=O. The van der Waals surface area contributed by atoms with Gasteiger partial charge in [0.15, 0.2) is 5.82 Å². The number of rotatable bonds is 4. The molecule has 3 rings (SSSR count). The second-order valence-corrected chi connectivity index (χ2v) is 5.88. The highest BCUT2D eigenvalue weighted by molar-refractivity contribution is 5.37. The Bertz CT molecular complexity index is 803. The van der Waals surface area contributed by atoms with Crippen LogP contribution < -0.4 is 15.2 Å². The maximum Gasteiger partial charge on any atom is 0.293 e. The van der Waals surface area contributed by atoms with Crippen molar-refractivity contribution in [1.29, 1.82) is 5.26 Å². The van der Waals surface area contributed by atoms with Gasteiger partial charge < -0.3 is 14.2 Å². The number of pyridine rings is 1. The van der Waals surface area contributed by atoms with Gasteiger partial charge in [0, 0.05) is 38.7 Å². The van der Waals surface area contributed by atoms with E-state index in [1.165, 1.54) is 0 Å². The summed E-state index contributed by atoms with van der Waals surface area (Å²) in [6, 6.07) is 5.50. The molecule has 0 bridgehead atoms. The predicted octanol–water partition coefficient (Wildman–Crippen LogP) is 1.34. The molecule has 3 heterocycles. The minimum atomic E-state index is -0.0700. The molecule has 1 fully saturated rings. The average Bonchev–Trinajstić information content (AvgIpc) is 2.63. The van der Waals surface area contributed by atoms with Crippen molar-refractivity contribution < 1.29 is 4.74 Å². The van der Waals surface area contributed by atoms with Crippen molar-refractivity contribution in [3.63, 3.8) is 0 Å². The number of nitriles is 1. The Labute approximate surface area is 140 Å². The first-order chi connectivity index (χ1) is 11.7. The third kappa shape index (κ3) is 3.38. The van der Waals surface area contributed by atoms with Crippen LogP contribution in [0.2, 0.25) is 0 Å². The molecule has 2 aromatic heterocycles. The standard InChI is InChI=1S/C17H19N5O2/c1-21-10-7-19-15(17(21)23)22-8-4-13(5-9-22)12-24-16-14(11-18)3-2-6-20-16/h2-3,6-7,10,13H,4-5,8-9,12H2,1H3. The summed E-state index contributed by atoms with van der Waals surface area (Å²) in [6.45, 7) is 2.07. The Balaban J connectivity index is 1.57. The first-order valence-electron chi connectivity index (χ1n) is 7.93. The molecule has 0 unspecified atom stereocenters. The lowest BCUT2D eigenvalue weighted by molar-refractivity contribution is 0.215. The number of aryl methyl sites for hydroxylation is 1. The van der Waals surface area contributed by atoms with Crippen LogP contribution in [0, 0.1) is 17.2 Å². The second kappa shape index (κ2) is 7.13. The average molecular weight is 325 g/mol. The Morgan fingerprint density at radius 3 is 2.88 bits per heavy atom. The first kappa shape index (κ1) is 16.0. The zero-order valence-electron chi connectivity index (χ0n) is 13.6. The van der Waals surface area contributed by atoms with Gasteiger partial charge in [0.1, 0.15) is 11.6 Å². The molecule has 0 radical (unpaired) electrons. The van der Waals surface area contributed by atoms with Crippen molar-refractivity contribution in [2.24, 2.45) is 13.0 Å². The minimum absolute atomic E-state index is 0.0700. The molecule has 1 aliphatic heterocycles. The van der Waals surface area contributed by atoms with E-state index in [0.717, 1.165) is 25.9 Å². The molecule has 0 amide bonds. The lowest BCUT2D eigenvalue weighted by Gasteiger charge is -2.32. The van der Waals surface area contributed by atoms with Crippen molar-refractivity contribution >= 4 is 5.82 Å². The van der Waals surface area contributed by atoms with Crippen LogP contribution in [0.4, 0.5) is 5.82 Å². The number of hydrogen-bond donors (Lipinski definition) is 0. The molecule has 2 aromatic rings. The number of hydrogen-bond acceptors (Lipinski definition) is 6. The molecular formula is C17H19N5O2. The van der Waals surface area contributed by atoms with Crippen LogP contribution in [0.5, 0.6) is 5.88 Å². The number of piperidine rings is 1. The van der Waals surface area contributed by atoms with Crippen molar-refractivity contribution in [3.8, 4) is 11.9 Å². The minimum Gasteiger partial charge on any atom is -0.476 e. The lowest BCUT2D eigenvalue weighted by atomic mass is 9.98. The highest BCUT2D eigenvalue weighted by Crippen LogP contribution is 2.21. The van der Waals surface area contributed by atoms with Crippen molar-refractivity contribution in [1.82, 2.24) is 14.5 Å². The summed E-state index contributed by atoms with van der Waals surface area (Å²) >= 11 is 0. The Morgan fingerprint density at radius 1 is 1.33 bits per heavy atom. The van der Waals surface area contributed by atoms with E-state index in [1.807, 2.05) is 4.90 Å². The highest BCUT2D eigenvalue weighted by Gasteiger charge is 2.23. The Morgan fingerprint density at radius 2 is 2.12 bits per heavy atom. The van der Waals surface area contributed by atoms with Crippen LogP contribution >= 0.6 is 0 Å². The van der Waals surface area contributed by atoms with Crippen LogP contribution in [0.25, 0.3) is 0 Å². The summed E-state index contributed by atoms with van der Waals surface area (Å²) in [7, 11) is 1.73. The summed E-state index contributed by atoms with van der Waals surface area (Å²) in [5.41, 5.74) is 0.381. The molecule has 0 saturated carbocycles. The molecule has 124 valence electrons. The lowest BCUT2D eigenvalue weighted by Crippen LogP contribution is -2.40. The van der Waals surface area contributed by atoms with Gasteiger partial charge in [-0.1, -0.05) is 0 Å². The fraction of sp³-hybridized carbons (Fsp3) is 0.412. The predicted molar refractivity (Wildman–Crippen MR) is 88.9 cm³/mol. The van der Waals surface area contributed by atoms with Gasteiger partial charge in [0.05, 0.1) is 6.61 Å². The number of nitrogens with zero attached hydrogens (tertiary/aromatic N) is 5. The van der Waals surface area contributed by atoms with Gasteiger partial charge in [0.2, 0.25) is 5.88 Å². The van der Waals surface area contributed by atoms with Crippen molar-refractivity contribution in [2.45, 2.75) is 12.8 Å². The van der Waals surface area contributed by atoms with Crippen LogP contribution in [-0.4, -0.2) is 34.2 Å². The van der Waals surface area contributed by atoms with Crippen molar-refractivity contribution in [3.05, 3.63) is 46.6 Å². The molecule has 0 aliphatic carbocycles. The topological polar surface area (TPSA) is 84.0 Å². The largest absolute Gasteiger partial charge is 0.476 e. The van der Waals surface area contributed by atoms with Gasteiger partial charge in [-0.05, 0) is 30.9 Å². The summed E-state index contributed by atoms with van der Waals surface area (Å²) in [4.78, 5) is 22.5. The smallest absolute Gasteiger partial charge is 0.293 e. The van der Waals surface area contributed by atoms with Gasteiger partial charge in [-0.25, -0.2) is 9.97 Å². The molecule has 7 heteroatoms. The molecular weight excluding hydrogens is 306 g/mol. The number of aromatic nitrogens is 3. The zero-order chi connectivity index (χ0) is 16.9. The van der Waals surface area contributed by atoms with Gasteiger partial charge in [-0.2, -0.15) is 5.26 Å². The summed E-state index contributed by atoms with van der Waals surface area (Å²) in [5.74, 6) is 1.28. The zero-order valence-corrected chi connectivity index (χ0v) is 13.6. The fourth-order valence-electron chi connectivity index (χ4n) is 2.80. The monoisotopic (exact) mass is 325 g/mol. The summed E-state index contributed by atoms with van der Waals surface area (Å²) in [5, 5.41) is 9.05. The van der Waals surface area contributed by atoms with E-state index in [4.69, 9.17) is 10.00 Å². The fourth-order valence-corrected chi connectivity index (χ4v) is 2.80. The second-order valence-electron chi connectivity index (χ2n) is 5.88. The van der Waals surface area contributed by atoms with E-state index in [-0.39, 0.29) is 5.56 Å². The Kier molecular flexibility index (Phi) is 4.75. The van der Waals surface area contributed by atoms with Crippen LogP contribution in [0.3, 0.4) is 0 Å². The molecule has 0 aromatic carbocycles. The maximum atomic E-state index is 12.1. The molecule has 0 N–H and O–H groups in total. The van der Waals surface area contributed by atoms with Crippen LogP contribution in [0.1, 0.15) is 18.4 Å². The number of anilines is 1. The Hall–Kier alpha value is -2.88. The van der Waals surface area contributed by atoms with E-state index >= 15 is 0 Å². The normalized spacial score (nSPS) is 15.1.